The summed E-state index contributed by atoms with van der Waals surface area (Å²) in [5.41, 5.74) is 3.09. The van der Waals surface area contributed by atoms with Gasteiger partial charge in [-0.1, -0.05) is 42.5 Å². The molecule has 1 saturated heterocycles. The summed E-state index contributed by atoms with van der Waals surface area (Å²) in [6.45, 7) is 0. The molecule has 1 fully saturated rings. The highest BCUT2D eigenvalue weighted by Gasteiger charge is 2.35. The summed E-state index contributed by atoms with van der Waals surface area (Å²) < 4.78 is 13.9. The molecule has 6 heteroatoms. The number of carbonyl (C=O) groups excluding carboxylic acids is 2. The van der Waals surface area contributed by atoms with E-state index in [4.69, 9.17) is 0 Å². The zero-order valence-corrected chi connectivity index (χ0v) is 15.4. The van der Waals surface area contributed by atoms with Crippen LogP contribution in [0.1, 0.15) is 12.0 Å². The minimum Gasteiger partial charge on any atom is -0.383 e. The summed E-state index contributed by atoms with van der Waals surface area (Å²) in [6, 6.07) is 14.2. The fraction of sp³-hybridized carbons (Fsp3) is 0.238. The molecule has 0 bridgehead atoms. The first-order valence-corrected chi connectivity index (χ1v) is 8.82. The topological polar surface area (TPSA) is 40.6 Å². The lowest BCUT2D eigenvalue weighted by Crippen LogP contribution is -2.38. The van der Waals surface area contributed by atoms with Crippen LogP contribution in [0.3, 0.4) is 0 Å². The normalized spacial score (nSPS) is 18.0. The van der Waals surface area contributed by atoms with E-state index in [1.165, 1.54) is 18.3 Å². The Morgan fingerprint density at radius 2 is 1.89 bits per heavy atom. The van der Waals surface area contributed by atoms with Gasteiger partial charge >= 0.3 is 7.41 Å². The number of rotatable bonds is 6. The Morgan fingerprint density at radius 1 is 1.19 bits per heavy atom. The van der Waals surface area contributed by atoms with Crippen molar-refractivity contribution in [2.75, 3.05) is 14.1 Å². The summed E-state index contributed by atoms with van der Waals surface area (Å²) >= 11 is 0. The minimum absolute atomic E-state index is 0.104. The maximum absolute atomic E-state index is 13.9. The molecule has 4 nitrogen and oxygen atoms in total. The van der Waals surface area contributed by atoms with Crippen LogP contribution in [-0.2, 0) is 16.0 Å². The zero-order chi connectivity index (χ0) is 19.4. The highest BCUT2D eigenvalue weighted by molar-refractivity contribution is 6.66. The van der Waals surface area contributed by atoms with Crippen molar-refractivity contribution in [3.8, 4) is 11.1 Å². The second-order valence-electron chi connectivity index (χ2n) is 6.85. The number of hydrogen-bond donors (Lipinski definition) is 0. The standard InChI is InChI=1S/C21H21BFN2O2/c1-24(2)13-17-12-18(25(21(17)27)22-14-26)11-15-7-9-16(10-8-15)19-5-3-4-6-20(19)23/h3-10,13-14,18H,11-12H2,1-2H3/t18-/m1/s1. The molecule has 0 saturated carbocycles. The van der Waals surface area contributed by atoms with Crippen molar-refractivity contribution in [1.29, 1.82) is 0 Å². The van der Waals surface area contributed by atoms with Gasteiger partial charge in [-0.15, -0.1) is 0 Å². The van der Waals surface area contributed by atoms with Crippen LogP contribution >= 0.6 is 0 Å². The van der Waals surface area contributed by atoms with Crippen LogP contribution in [0.4, 0.5) is 4.39 Å². The molecule has 1 aliphatic heterocycles. The van der Waals surface area contributed by atoms with E-state index in [0.29, 0.717) is 30.2 Å². The van der Waals surface area contributed by atoms with Gasteiger partial charge in [0.15, 0.2) is 0 Å². The number of amides is 1. The van der Waals surface area contributed by atoms with E-state index in [0.717, 1.165) is 11.1 Å². The van der Waals surface area contributed by atoms with Crippen LogP contribution in [0.25, 0.3) is 11.1 Å². The first kappa shape index (κ1) is 18.9. The number of hydrogen-bond acceptors (Lipinski definition) is 3. The molecule has 3 rings (SSSR count). The van der Waals surface area contributed by atoms with Gasteiger partial charge in [-0.3, -0.25) is 4.79 Å². The van der Waals surface area contributed by atoms with Crippen molar-refractivity contribution in [2.24, 2.45) is 0 Å². The van der Waals surface area contributed by atoms with Crippen molar-refractivity contribution in [1.82, 2.24) is 9.71 Å². The minimum atomic E-state index is -0.253. The summed E-state index contributed by atoms with van der Waals surface area (Å²) in [4.78, 5) is 26.8. The summed E-state index contributed by atoms with van der Waals surface area (Å²) in [5.74, 6) is -0.388. The second kappa shape index (κ2) is 8.21. The highest BCUT2D eigenvalue weighted by atomic mass is 19.1. The van der Waals surface area contributed by atoms with Gasteiger partial charge in [0, 0.05) is 37.5 Å². The molecule has 1 amide bonds. The third-order valence-electron chi connectivity index (χ3n) is 4.60. The molecule has 0 spiro atoms. The molecule has 1 heterocycles. The van der Waals surface area contributed by atoms with Crippen molar-refractivity contribution in [3.63, 3.8) is 0 Å². The van der Waals surface area contributed by atoms with Gasteiger partial charge in [-0.05, 0) is 30.0 Å². The molecule has 27 heavy (non-hydrogen) atoms. The average Bonchev–Trinajstić information content (AvgIpc) is 2.91. The van der Waals surface area contributed by atoms with E-state index >= 15 is 0 Å². The van der Waals surface area contributed by atoms with Crippen LogP contribution < -0.4 is 0 Å². The van der Waals surface area contributed by atoms with Gasteiger partial charge in [0.1, 0.15) is 12.0 Å². The Labute approximate surface area is 159 Å². The smallest absolute Gasteiger partial charge is 0.331 e. The van der Waals surface area contributed by atoms with Crippen LogP contribution in [-0.4, -0.2) is 49.4 Å². The fourth-order valence-corrected chi connectivity index (χ4v) is 3.40. The first-order valence-electron chi connectivity index (χ1n) is 8.82. The fourth-order valence-electron chi connectivity index (χ4n) is 3.40. The molecule has 1 atom stereocenters. The molecule has 0 aliphatic carbocycles. The van der Waals surface area contributed by atoms with Crippen molar-refractivity contribution in [2.45, 2.75) is 18.9 Å². The molecular formula is C21H21BFN2O2. The Balaban J connectivity index is 1.78. The molecule has 0 N–H and O–H groups in total. The third kappa shape index (κ3) is 4.27. The molecule has 2 aromatic carbocycles. The lowest BCUT2D eigenvalue weighted by molar-refractivity contribution is -0.121. The molecule has 2 aromatic rings. The summed E-state index contributed by atoms with van der Waals surface area (Å²) in [7, 11) is 5.03. The molecule has 1 aliphatic rings. The lowest BCUT2D eigenvalue weighted by Gasteiger charge is -2.22. The van der Waals surface area contributed by atoms with E-state index in [2.05, 4.69) is 0 Å². The maximum atomic E-state index is 13.9. The first-order chi connectivity index (χ1) is 13.0. The number of benzene rings is 2. The third-order valence-corrected chi connectivity index (χ3v) is 4.60. The van der Waals surface area contributed by atoms with Crippen molar-refractivity contribution < 1.29 is 14.0 Å². The van der Waals surface area contributed by atoms with Gasteiger partial charge in [0.2, 0.25) is 5.91 Å². The predicted molar refractivity (Wildman–Crippen MR) is 105 cm³/mol. The Bertz CT molecular complexity index is 865. The van der Waals surface area contributed by atoms with E-state index < -0.39 is 0 Å². The zero-order valence-electron chi connectivity index (χ0n) is 15.4. The molecular weight excluding hydrogens is 342 g/mol. The van der Waals surface area contributed by atoms with Crippen molar-refractivity contribution in [3.05, 3.63) is 71.7 Å². The van der Waals surface area contributed by atoms with Crippen molar-refractivity contribution >= 4 is 19.5 Å². The molecule has 1 radical (unpaired) electrons. The van der Waals surface area contributed by atoms with Gasteiger partial charge < -0.3 is 14.5 Å². The van der Waals surface area contributed by atoms with Gasteiger partial charge in [-0.2, -0.15) is 0 Å². The predicted octanol–water partition coefficient (Wildman–Crippen LogP) is 2.89. The van der Waals surface area contributed by atoms with Crippen LogP contribution in [0.2, 0.25) is 0 Å². The number of halogens is 1. The van der Waals surface area contributed by atoms with E-state index in [1.54, 1.807) is 18.3 Å². The van der Waals surface area contributed by atoms with Gasteiger partial charge in [0.05, 0.1) is 0 Å². The summed E-state index contributed by atoms with van der Waals surface area (Å²) in [6.07, 6.45) is 3.65. The summed E-state index contributed by atoms with van der Waals surface area (Å²) in [5, 5.41) is 0. The highest BCUT2D eigenvalue weighted by Crippen LogP contribution is 2.28. The Morgan fingerprint density at radius 3 is 2.52 bits per heavy atom. The van der Waals surface area contributed by atoms with Gasteiger partial charge in [0.25, 0.3) is 0 Å². The van der Waals surface area contributed by atoms with Gasteiger partial charge in [-0.25, -0.2) is 4.39 Å². The van der Waals surface area contributed by atoms with Crippen LogP contribution in [0.5, 0.6) is 0 Å². The van der Waals surface area contributed by atoms with E-state index in [-0.39, 0.29) is 17.8 Å². The maximum Gasteiger partial charge on any atom is 0.331 e. The Kier molecular flexibility index (Phi) is 5.74. The molecule has 0 unspecified atom stereocenters. The van der Waals surface area contributed by atoms with Crippen LogP contribution in [0, 0.1) is 5.82 Å². The average molecular weight is 363 g/mol. The Hall–Kier alpha value is -2.89. The van der Waals surface area contributed by atoms with E-state index in [1.807, 2.05) is 49.3 Å². The SMILES string of the molecule is CN(C)C=C1C[C@@H](Cc2ccc(-c3ccccc3F)cc2)N([B]C=O)C1=O. The largest absolute Gasteiger partial charge is 0.383 e. The molecule has 0 aromatic heterocycles. The molecule has 137 valence electrons. The second-order valence-corrected chi connectivity index (χ2v) is 6.85. The van der Waals surface area contributed by atoms with Crippen LogP contribution in [0.15, 0.2) is 60.3 Å². The monoisotopic (exact) mass is 363 g/mol. The number of carbonyl (C=O) groups is 2. The quantitative estimate of drug-likeness (QED) is 0.450. The number of nitrogens with zero attached hydrogens (tertiary/aromatic N) is 2. The van der Waals surface area contributed by atoms with E-state index in [9.17, 15) is 14.0 Å². The lowest BCUT2D eigenvalue weighted by atomic mass is 9.91.